The molecule has 1 heterocycles. The topological polar surface area (TPSA) is 168 Å². The number of rotatable bonds is 4. The molecule has 0 aromatic carbocycles. The Balaban J connectivity index is 2.46. The molecule has 0 aromatic rings. The number of allylic oxidation sites excluding steroid dienone is 9. The lowest BCUT2D eigenvalue weighted by Gasteiger charge is -2.51. The third-order valence-corrected chi connectivity index (χ3v) is 7.63. The molecular formula is C28H33NO8. The zero-order valence-corrected chi connectivity index (χ0v) is 21.7. The molecule has 0 bridgehead atoms. The standard InChI is InChI=1S/C28H33NO8/c1-7-9-11-13-16(30)18-20(32)15(3)23(33)26(5)21(18)25(4)24(34)19(17(31)14-12-10-8-2)22(29)27(6,35)28(25,36)37-26/h7-14,21,29-32,35-36H,1-6H3/b9-7+,10-8+,13-11+,14-12+,18-16+,19-17-,29-22?/t21-,25-,26+,27+,28-/m1/s1. The average molecular weight is 512 g/mol. The van der Waals surface area contributed by atoms with Gasteiger partial charge in [0.25, 0.3) is 0 Å². The smallest absolute Gasteiger partial charge is 0.215 e. The molecule has 2 aliphatic carbocycles. The van der Waals surface area contributed by atoms with Gasteiger partial charge < -0.3 is 35.7 Å². The molecule has 1 aliphatic heterocycles. The Hall–Kier alpha value is -3.53. The molecule has 9 nitrogen and oxygen atoms in total. The Labute approximate surface area is 215 Å². The molecule has 3 rings (SSSR count). The highest BCUT2D eigenvalue weighted by atomic mass is 16.7. The molecule has 0 unspecified atom stereocenters. The SMILES string of the molecule is C/C=C/C=C/C(O)=C1\C(=N)[C@](C)(O)[C@]2(O)O[C@]3(C)C(=O)C(C)=C(O)/C(=C(O)/C=C/C=C/C)[C@@H]3[C@]2(C)C1=O. The maximum Gasteiger partial charge on any atom is 0.215 e. The van der Waals surface area contributed by atoms with E-state index in [1.807, 2.05) is 0 Å². The number of nitrogens with one attached hydrogen (secondary N) is 1. The molecule has 0 amide bonds. The van der Waals surface area contributed by atoms with Gasteiger partial charge in [0.2, 0.25) is 5.79 Å². The summed E-state index contributed by atoms with van der Waals surface area (Å²) >= 11 is 0. The summed E-state index contributed by atoms with van der Waals surface area (Å²) in [5.74, 6) is -7.90. The van der Waals surface area contributed by atoms with Crippen molar-refractivity contribution in [3.05, 3.63) is 82.6 Å². The van der Waals surface area contributed by atoms with Crippen LogP contribution in [0.5, 0.6) is 0 Å². The number of hydrogen-bond donors (Lipinski definition) is 6. The van der Waals surface area contributed by atoms with E-state index in [0.29, 0.717) is 0 Å². The molecule has 2 fully saturated rings. The number of aliphatic hydroxyl groups excluding tert-OH is 3. The van der Waals surface area contributed by atoms with Crippen molar-refractivity contribution < 1.29 is 39.9 Å². The van der Waals surface area contributed by atoms with Gasteiger partial charge in [0.1, 0.15) is 22.9 Å². The van der Waals surface area contributed by atoms with Crippen molar-refractivity contribution in [1.29, 1.82) is 5.41 Å². The van der Waals surface area contributed by atoms with Crippen LogP contribution < -0.4 is 0 Å². The predicted octanol–water partition coefficient (Wildman–Crippen LogP) is 3.74. The molecule has 1 saturated heterocycles. The molecule has 3 aliphatic rings. The fourth-order valence-corrected chi connectivity index (χ4v) is 5.66. The van der Waals surface area contributed by atoms with Crippen molar-refractivity contribution in [2.45, 2.75) is 58.5 Å². The van der Waals surface area contributed by atoms with Gasteiger partial charge in [-0.3, -0.25) is 9.59 Å². The van der Waals surface area contributed by atoms with E-state index in [0.717, 1.165) is 13.0 Å². The number of hydrogen-bond acceptors (Lipinski definition) is 9. The van der Waals surface area contributed by atoms with Crippen LogP contribution in [0.2, 0.25) is 0 Å². The average Bonchev–Trinajstić information content (AvgIpc) is 3.03. The van der Waals surface area contributed by atoms with Crippen LogP contribution in [0.3, 0.4) is 0 Å². The van der Waals surface area contributed by atoms with Gasteiger partial charge in [-0.1, -0.05) is 36.5 Å². The minimum absolute atomic E-state index is 0.180. The van der Waals surface area contributed by atoms with Crippen molar-refractivity contribution in [3.8, 4) is 0 Å². The number of carbonyl (C=O) groups is 2. The lowest BCUT2D eigenvalue weighted by atomic mass is 9.52. The number of carbonyl (C=O) groups excluding carboxylic acids is 2. The van der Waals surface area contributed by atoms with Crippen LogP contribution in [0.1, 0.15) is 41.5 Å². The zero-order valence-electron chi connectivity index (χ0n) is 21.7. The number of fused-ring (bicyclic) bond motifs is 3. The molecule has 1 saturated carbocycles. The van der Waals surface area contributed by atoms with E-state index in [4.69, 9.17) is 10.1 Å². The Bertz CT molecular complexity index is 1290. The molecule has 0 radical (unpaired) electrons. The zero-order chi connectivity index (χ0) is 28.1. The second-order valence-electron chi connectivity index (χ2n) is 9.90. The lowest BCUT2D eigenvalue weighted by molar-refractivity contribution is -0.305. The Morgan fingerprint density at radius 3 is 1.95 bits per heavy atom. The highest BCUT2D eigenvalue weighted by Crippen LogP contribution is 2.66. The van der Waals surface area contributed by atoms with Gasteiger partial charge in [-0.25, -0.2) is 0 Å². The molecular weight excluding hydrogens is 478 g/mol. The lowest BCUT2D eigenvalue weighted by Crippen LogP contribution is -2.72. The first-order valence-corrected chi connectivity index (χ1v) is 11.8. The van der Waals surface area contributed by atoms with Crippen LogP contribution in [0, 0.1) is 16.7 Å². The quantitative estimate of drug-likeness (QED) is 0.188. The highest BCUT2D eigenvalue weighted by molar-refractivity contribution is 6.29. The van der Waals surface area contributed by atoms with Crippen molar-refractivity contribution in [2.24, 2.45) is 11.3 Å². The van der Waals surface area contributed by atoms with E-state index in [1.54, 1.807) is 38.2 Å². The van der Waals surface area contributed by atoms with Crippen molar-refractivity contribution in [2.75, 3.05) is 0 Å². The van der Waals surface area contributed by atoms with Gasteiger partial charge in [-0.05, 0) is 53.7 Å². The molecule has 0 spiro atoms. The summed E-state index contributed by atoms with van der Waals surface area (Å²) in [6.45, 7) is 8.36. The summed E-state index contributed by atoms with van der Waals surface area (Å²) in [7, 11) is 0. The summed E-state index contributed by atoms with van der Waals surface area (Å²) in [6, 6.07) is 0. The summed E-state index contributed by atoms with van der Waals surface area (Å²) in [5.41, 5.74) is -8.73. The fraction of sp³-hybridized carbons (Fsp3) is 0.393. The summed E-state index contributed by atoms with van der Waals surface area (Å²) in [6.07, 6.45) is 11.8. The van der Waals surface area contributed by atoms with Crippen molar-refractivity contribution in [1.82, 2.24) is 0 Å². The monoisotopic (exact) mass is 511 g/mol. The first-order chi connectivity index (χ1) is 17.1. The number of ether oxygens (including phenoxy) is 1. The third kappa shape index (κ3) is 3.53. The summed E-state index contributed by atoms with van der Waals surface area (Å²) in [5, 5.41) is 64.8. The maximum atomic E-state index is 14.1. The Kier molecular flexibility index (Phi) is 6.89. The first-order valence-electron chi connectivity index (χ1n) is 11.8. The molecule has 5 atom stereocenters. The molecule has 0 aromatic heterocycles. The number of Topliss-reactive ketones (excluding diaryl/α,β-unsaturated/α-hetero) is 2. The van der Waals surface area contributed by atoms with E-state index in [9.17, 15) is 35.1 Å². The van der Waals surface area contributed by atoms with Crippen molar-refractivity contribution in [3.63, 3.8) is 0 Å². The van der Waals surface area contributed by atoms with Crippen molar-refractivity contribution >= 4 is 17.3 Å². The first kappa shape index (κ1) is 28.0. The van der Waals surface area contributed by atoms with Gasteiger partial charge >= 0.3 is 0 Å². The molecule has 6 N–H and O–H groups in total. The van der Waals surface area contributed by atoms with Crippen LogP contribution in [0.25, 0.3) is 0 Å². The van der Waals surface area contributed by atoms with Gasteiger partial charge in [0.15, 0.2) is 17.2 Å². The Morgan fingerprint density at radius 1 is 0.919 bits per heavy atom. The third-order valence-electron chi connectivity index (χ3n) is 7.63. The highest BCUT2D eigenvalue weighted by Gasteiger charge is 2.82. The van der Waals surface area contributed by atoms with Gasteiger partial charge in [0.05, 0.1) is 16.7 Å². The minimum Gasteiger partial charge on any atom is -0.508 e. The minimum atomic E-state index is -2.86. The van der Waals surface area contributed by atoms with Crippen LogP contribution in [-0.4, -0.2) is 59.8 Å². The van der Waals surface area contributed by atoms with Crippen LogP contribution in [-0.2, 0) is 14.3 Å². The van der Waals surface area contributed by atoms with E-state index in [2.05, 4.69) is 0 Å². The Morgan fingerprint density at radius 2 is 1.43 bits per heavy atom. The largest absolute Gasteiger partial charge is 0.508 e. The molecule has 37 heavy (non-hydrogen) atoms. The van der Waals surface area contributed by atoms with Crippen LogP contribution in [0.4, 0.5) is 0 Å². The summed E-state index contributed by atoms with van der Waals surface area (Å²) < 4.78 is 5.90. The number of aliphatic hydroxyl groups is 5. The molecule has 9 heteroatoms. The van der Waals surface area contributed by atoms with Crippen LogP contribution in [0.15, 0.2) is 82.6 Å². The maximum absolute atomic E-state index is 14.1. The number of ketones is 2. The fourth-order valence-electron chi connectivity index (χ4n) is 5.66. The van der Waals surface area contributed by atoms with E-state index < -0.39 is 68.5 Å². The van der Waals surface area contributed by atoms with Gasteiger partial charge in [0, 0.05) is 17.1 Å². The van der Waals surface area contributed by atoms with Gasteiger partial charge in [-0.2, -0.15) is 0 Å². The van der Waals surface area contributed by atoms with Crippen LogP contribution >= 0.6 is 0 Å². The predicted molar refractivity (Wildman–Crippen MR) is 137 cm³/mol. The second-order valence-corrected chi connectivity index (χ2v) is 9.90. The molecule has 198 valence electrons. The summed E-state index contributed by atoms with van der Waals surface area (Å²) in [4.78, 5) is 27.6. The second kappa shape index (κ2) is 9.09. The normalized spacial score (nSPS) is 39.5. The van der Waals surface area contributed by atoms with E-state index >= 15 is 0 Å². The van der Waals surface area contributed by atoms with Gasteiger partial charge in [-0.15, -0.1) is 0 Å². The van der Waals surface area contributed by atoms with E-state index in [1.165, 1.54) is 39.0 Å². The van der Waals surface area contributed by atoms with E-state index in [-0.39, 0.29) is 11.1 Å².